The molecule has 1 N–H and O–H groups in total. The summed E-state index contributed by atoms with van der Waals surface area (Å²) in [5, 5.41) is 5.92. The van der Waals surface area contributed by atoms with Crippen LogP contribution >= 0.6 is 12.4 Å². The standard InChI is InChI=1S/C23H24N2O3.ClH/c26-23(25-12-11-18-6-7-19(14-25)24-18)22-10-9-21(28-22)15-27-20-8-5-16-3-1-2-4-17(16)13-20;/h1-5,8-10,13,18-19,24H,6-7,11-12,14-15H2;1H. The van der Waals surface area contributed by atoms with Crippen molar-refractivity contribution in [2.75, 3.05) is 13.1 Å². The number of rotatable bonds is 4. The molecule has 2 aliphatic heterocycles. The van der Waals surface area contributed by atoms with Gasteiger partial charge in [0.05, 0.1) is 0 Å². The molecule has 5 rings (SSSR count). The van der Waals surface area contributed by atoms with Crippen molar-refractivity contribution >= 4 is 29.1 Å². The molecule has 3 heterocycles. The zero-order valence-electron chi connectivity index (χ0n) is 16.2. The van der Waals surface area contributed by atoms with Crippen LogP contribution in [0.25, 0.3) is 10.8 Å². The fraction of sp³-hybridized carbons (Fsp3) is 0.348. The van der Waals surface area contributed by atoms with E-state index in [1.165, 1.54) is 11.8 Å². The summed E-state index contributed by atoms with van der Waals surface area (Å²) in [6, 6.07) is 18.8. The first-order chi connectivity index (χ1) is 13.7. The Kier molecular flexibility index (Phi) is 5.79. The van der Waals surface area contributed by atoms with Crippen LogP contribution in [0.4, 0.5) is 0 Å². The summed E-state index contributed by atoms with van der Waals surface area (Å²) in [6.07, 6.45) is 3.39. The van der Waals surface area contributed by atoms with Crippen LogP contribution in [0.1, 0.15) is 35.6 Å². The number of ether oxygens (including phenoxy) is 1. The van der Waals surface area contributed by atoms with Gasteiger partial charge < -0.3 is 19.4 Å². The summed E-state index contributed by atoms with van der Waals surface area (Å²) < 4.78 is 11.7. The summed E-state index contributed by atoms with van der Waals surface area (Å²) in [4.78, 5) is 14.7. The lowest BCUT2D eigenvalue weighted by Gasteiger charge is -2.23. The van der Waals surface area contributed by atoms with E-state index in [9.17, 15) is 4.79 Å². The Balaban J connectivity index is 0.00000205. The molecule has 3 aromatic rings. The van der Waals surface area contributed by atoms with Gasteiger partial charge in [-0.3, -0.25) is 4.79 Å². The SMILES string of the molecule is Cl.O=C(c1ccc(COc2ccc3ccccc3c2)o1)N1CCC2CCC(C1)N2. The fourth-order valence-corrected chi connectivity index (χ4v) is 4.27. The van der Waals surface area contributed by atoms with Gasteiger partial charge in [0.15, 0.2) is 5.76 Å². The molecule has 2 atom stereocenters. The maximum Gasteiger partial charge on any atom is 0.289 e. The van der Waals surface area contributed by atoms with Crippen molar-refractivity contribution in [2.45, 2.75) is 38.0 Å². The molecular weight excluding hydrogens is 388 g/mol. The van der Waals surface area contributed by atoms with Gasteiger partial charge in [-0.15, -0.1) is 12.4 Å². The first kappa shape index (κ1) is 19.8. The van der Waals surface area contributed by atoms with E-state index in [-0.39, 0.29) is 18.3 Å². The molecule has 0 saturated carbocycles. The average molecular weight is 413 g/mol. The molecule has 1 amide bonds. The van der Waals surface area contributed by atoms with Crippen LogP contribution < -0.4 is 10.1 Å². The number of carbonyl (C=O) groups excluding carboxylic acids is 1. The van der Waals surface area contributed by atoms with Gasteiger partial charge in [-0.25, -0.2) is 0 Å². The summed E-state index contributed by atoms with van der Waals surface area (Å²) in [5.74, 6) is 1.82. The molecule has 0 radical (unpaired) electrons. The number of amides is 1. The third-order valence-corrected chi connectivity index (χ3v) is 5.78. The molecule has 6 heteroatoms. The Hall–Kier alpha value is -2.50. The van der Waals surface area contributed by atoms with Crippen LogP contribution in [0.5, 0.6) is 5.75 Å². The molecule has 152 valence electrons. The predicted octanol–water partition coefficient (Wildman–Crippen LogP) is 4.40. The van der Waals surface area contributed by atoms with E-state index in [0.717, 1.165) is 37.1 Å². The monoisotopic (exact) mass is 412 g/mol. The van der Waals surface area contributed by atoms with Crippen molar-refractivity contribution in [2.24, 2.45) is 0 Å². The second kappa shape index (κ2) is 8.47. The molecule has 29 heavy (non-hydrogen) atoms. The highest BCUT2D eigenvalue weighted by molar-refractivity contribution is 5.91. The number of carbonyl (C=O) groups is 1. The van der Waals surface area contributed by atoms with Crippen LogP contribution in [-0.4, -0.2) is 36.0 Å². The summed E-state index contributed by atoms with van der Waals surface area (Å²) in [6.45, 7) is 1.85. The predicted molar refractivity (Wildman–Crippen MR) is 115 cm³/mol. The zero-order valence-corrected chi connectivity index (χ0v) is 17.0. The highest BCUT2D eigenvalue weighted by Gasteiger charge is 2.32. The summed E-state index contributed by atoms with van der Waals surface area (Å²) >= 11 is 0. The van der Waals surface area contributed by atoms with E-state index >= 15 is 0 Å². The molecule has 2 saturated heterocycles. The van der Waals surface area contributed by atoms with Gasteiger partial charge in [-0.05, 0) is 54.3 Å². The van der Waals surface area contributed by atoms with Gasteiger partial charge in [0.1, 0.15) is 18.1 Å². The number of furan rings is 1. The Labute approximate surface area is 176 Å². The van der Waals surface area contributed by atoms with Gasteiger partial charge in [0.25, 0.3) is 5.91 Å². The van der Waals surface area contributed by atoms with E-state index in [0.29, 0.717) is 30.2 Å². The van der Waals surface area contributed by atoms with Crippen molar-refractivity contribution in [1.29, 1.82) is 0 Å². The summed E-state index contributed by atoms with van der Waals surface area (Å²) in [7, 11) is 0. The first-order valence-electron chi connectivity index (χ1n) is 10.0. The number of fused-ring (bicyclic) bond motifs is 3. The second-order valence-electron chi connectivity index (χ2n) is 7.74. The highest BCUT2D eigenvalue weighted by atomic mass is 35.5. The number of halogens is 1. The lowest BCUT2D eigenvalue weighted by molar-refractivity contribution is 0.0712. The van der Waals surface area contributed by atoms with Gasteiger partial charge >= 0.3 is 0 Å². The maximum absolute atomic E-state index is 12.8. The molecule has 2 aromatic carbocycles. The molecule has 2 fully saturated rings. The Morgan fingerprint density at radius 3 is 2.76 bits per heavy atom. The Morgan fingerprint density at radius 1 is 1.03 bits per heavy atom. The molecule has 2 aliphatic rings. The smallest absolute Gasteiger partial charge is 0.289 e. The van der Waals surface area contributed by atoms with Crippen molar-refractivity contribution in [3.05, 3.63) is 66.1 Å². The van der Waals surface area contributed by atoms with Crippen molar-refractivity contribution < 1.29 is 13.9 Å². The lowest BCUT2D eigenvalue weighted by atomic mass is 10.1. The number of hydrogen-bond donors (Lipinski definition) is 1. The van der Waals surface area contributed by atoms with Crippen molar-refractivity contribution in [3.63, 3.8) is 0 Å². The van der Waals surface area contributed by atoms with Gasteiger partial charge in [0.2, 0.25) is 0 Å². The fourth-order valence-electron chi connectivity index (χ4n) is 4.27. The number of hydrogen-bond acceptors (Lipinski definition) is 4. The quantitative estimate of drug-likeness (QED) is 0.690. The number of likely N-dealkylation sites (tertiary alicyclic amines) is 1. The largest absolute Gasteiger partial charge is 0.486 e. The second-order valence-corrected chi connectivity index (χ2v) is 7.74. The third-order valence-electron chi connectivity index (χ3n) is 5.78. The van der Waals surface area contributed by atoms with E-state index in [4.69, 9.17) is 9.15 Å². The van der Waals surface area contributed by atoms with Crippen LogP contribution in [0.2, 0.25) is 0 Å². The van der Waals surface area contributed by atoms with E-state index < -0.39 is 0 Å². The number of nitrogens with one attached hydrogen (secondary N) is 1. The van der Waals surface area contributed by atoms with Gasteiger partial charge in [-0.2, -0.15) is 0 Å². The van der Waals surface area contributed by atoms with Crippen molar-refractivity contribution in [3.8, 4) is 5.75 Å². The molecule has 0 aliphatic carbocycles. The van der Waals surface area contributed by atoms with E-state index in [1.807, 2.05) is 41.3 Å². The van der Waals surface area contributed by atoms with Crippen LogP contribution in [0.15, 0.2) is 59.0 Å². The number of benzene rings is 2. The minimum absolute atomic E-state index is 0. The lowest BCUT2D eigenvalue weighted by Crippen LogP contribution is -2.38. The third kappa shape index (κ3) is 4.26. The Morgan fingerprint density at radius 2 is 1.86 bits per heavy atom. The minimum Gasteiger partial charge on any atom is -0.486 e. The van der Waals surface area contributed by atoms with Crippen molar-refractivity contribution in [1.82, 2.24) is 10.2 Å². The highest BCUT2D eigenvalue weighted by Crippen LogP contribution is 2.24. The number of nitrogens with zero attached hydrogens (tertiary/aromatic N) is 1. The minimum atomic E-state index is -0.0219. The Bertz CT molecular complexity index is 1000. The molecular formula is C23H25ClN2O3. The van der Waals surface area contributed by atoms with Gasteiger partial charge in [-0.1, -0.05) is 30.3 Å². The topological polar surface area (TPSA) is 54.7 Å². The molecule has 5 nitrogen and oxygen atoms in total. The summed E-state index contributed by atoms with van der Waals surface area (Å²) in [5.41, 5.74) is 0. The van der Waals surface area contributed by atoms with Crippen LogP contribution in [0.3, 0.4) is 0 Å². The molecule has 0 spiro atoms. The average Bonchev–Trinajstić information content (AvgIpc) is 3.32. The normalized spacial score (nSPS) is 20.9. The first-order valence-corrected chi connectivity index (χ1v) is 10.0. The maximum atomic E-state index is 12.8. The van der Waals surface area contributed by atoms with Crippen LogP contribution in [-0.2, 0) is 6.61 Å². The van der Waals surface area contributed by atoms with E-state index in [1.54, 1.807) is 6.07 Å². The molecule has 2 bridgehead atoms. The van der Waals surface area contributed by atoms with Gasteiger partial charge in [0, 0.05) is 25.2 Å². The molecule has 1 aromatic heterocycles. The molecule has 2 unspecified atom stereocenters. The van der Waals surface area contributed by atoms with E-state index in [2.05, 4.69) is 17.4 Å². The van der Waals surface area contributed by atoms with Crippen LogP contribution in [0, 0.1) is 0 Å². The zero-order chi connectivity index (χ0) is 18.9.